The second-order valence-corrected chi connectivity index (χ2v) is 7.88. The molecule has 1 aromatic rings. The molecule has 5 heteroatoms. The molecule has 1 aliphatic carbocycles. The molecule has 2 atom stereocenters. The summed E-state index contributed by atoms with van der Waals surface area (Å²) in [5.74, 6) is 0.449. The van der Waals surface area contributed by atoms with Crippen LogP contribution in [0.2, 0.25) is 0 Å². The molecule has 0 spiro atoms. The van der Waals surface area contributed by atoms with Crippen molar-refractivity contribution in [2.45, 2.75) is 62.9 Å². The minimum absolute atomic E-state index is 0.0192. The lowest BCUT2D eigenvalue weighted by atomic mass is 9.85. The Kier molecular flexibility index (Phi) is 5.41. The summed E-state index contributed by atoms with van der Waals surface area (Å²) in [6, 6.07) is 6.71. The van der Waals surface area contributed by atoms with Crippen molar-refractivity contribution in [1.29, 1.82) is 0 Å². The standard InChI is InChI=1S/C16H26N2O2S/c1-12(17)15-9-6-10-16(11-15)21(19,20)18-13(2)14-7-4-3-5-8-14/h6,9-14,18H,3-5,7-8,17H2,1-2H3. The van der Waals surface area contributed by atoms with Gasteiger partial charge in [-0.1, -0.05) is 31.4 Å². The summed E-state index contributed by atoms with van der Waals surface area (Å²) in [4.78, 5) is 0.306. The first kappa shape index (κ1) is 16.5. The van der Waals surface area contributed by atoms with Crippen LogP contribution >= 0.6 is 0 Å². The number of hydrogen-bond donors (Lipinski definition) is 2. The van der Waals surface area contributed by atoms with E-state index in [0.717, 1.165) is 18.4 Å². The number of sulfonamides is 1. The van der Waals surface area contributed by atoms with E-state index < -0.39 is 10.0 Å². The minimum Gasteiger partial charge on any atom is -0.324 e. The van der Waals surface area contributed by atoms with E-state index in [1.807, 2.05) is 19.9 Å². The Morgan fingerprint density at radius 3 is 2.48 bits per heavy atom. The van der Waals surface area contributed by atoms with E-state index in [1.165, 1.54) is 19.3 Å². The lowest BCUT2D eigenvalue weighted by Gasteiger charge is -2.28. The largest absolute Gasteiger partial charge is 0.324 e. The first-order valence-corrected chi connectivity index (χ1v) is 9.26. The summed E-state index contributed by atoms with van der Waals surface area (Å²) in [6.45, 7) is 3.83. The molecule has 0 bridgehead atoms. The van der Waals surface area contributed by atoms with Gasteiger partial charge in [0, 0.05) is 12.1 Å². The molecule has 1 saturated carbocycles. The average Bonchev–Trinajstić information content (AvgIpc) is 2.48. The molecule has 4 nitrogen and oxygen atoms in total. The van der Waals surface area contributed by atoms with Crippen molar-refractivity contribution in [3.8, 4) is 0 Å². The maximum absolute atomic E-state index is 12.5. The van der Waals surface area contributed by atoms with Crippen molar-refractivity contribution < 1.29 is 8.42 Å². The van der Waals surface area contributed by atoms with Gasteiger partial charge in [-0.3, -0.25) is 0 Å². The van der Waals surface area contributed by atoms with Gasteiger partial charge in [-0.25, -0.2) is 13.1 Å². The summed E-state index contributed by atoms with van der Waals surface area (Å²) in [5.41, 5.74) is 6.67. The van der Waals surface area contributed by atoms with Gasteiger partial charge >= 0.3 is 0 Å². The van der Waals surface area contributed by atoms with Crippen LogP contribution in [0.1, 0.15) is 57.6 Å². The van der Waals surface area contributed by atoms with Crippen LogP contribution in [-0.4, -0.2) is 14.5 Å². The summed E-state index contributed by atoms with van der Waals surface area (Å²) in [7, 11) is -3.47. The smallest absolute Gasteiger partial charge is 0.240 e. The van der Waals surface area contributed by atoms with Gasteiger partial charge in [0.15, 0.2) is 0 Å². The molecule has 118 valence electrons. The molecule has 0 radical (unpaired) electrons. The fourth-order valence-corrected chi connectivity index (χ4v) is 4.38. The predicted molar refractivity (Wildman–Crippen MR) is 85.4 cm³/mol. The number of nitrogens with one attached hydrogen (secondary N) is 1. The first-order valence-electron chi connectivity index (χ1n) is 7.78. The maximum atomic E-state index is 12.5. The fraction of sp³-hybridized carbons (Fsp3) is 0.625. The molecule has 1 aromatic carbocycles. The van der Waals surface area contributed by atoms with E-state index in [1.54, 1.807) is 18.2 Å². The van der Waals surface area contributed by atoms with Crippen molar-refractivity contribution in [2.24, 2.45) is 11.7 Å². The Balaban J connectivity index is 2.12. The quantitative estimate of drug-likeness (QED) is 0.878. The van der Waals surface area contributed by atoms with Crippen LogP contribution in [0.4, 0.5) is 0 Å². The van der Waals surface area contributed by atoms with E-state index in [4.69, 9.17) is 5.73 Å². The topological polar surface area (TPSA) is 72.2 Å². The monoisotopic (exact) mass is 310 g/mol. The molecule has 21 heavy (non-hydrogen) atoms. The van der Waals surface area contributed by atoms with Crippen LogP contribution in [0.25, 0.3) is 0 Å². The Bertz CT molecular complexity index is 563. The summed E-state index contributed by atoms with van der Waals surface area (Å²) < 4.78 is 27.9. The van der Waals surface area contributed by atoms with E-state index in [2.05, 4.69) is 4.72 Å². The van der Waals surface area contributed by atoms with E-state index >= 15 is 0 Å². The second-order valence-electron chi connectivity index (χ2n) is 6.17. The van der Waals surface area contributed by atoms with Crippen LogP contribution in [0.3, 0.4) is 0 Å². The Hall–Kier alpha value is -0.910. The van der Waals surface area contributed by atoms with Gasteiger partial charge in [0.1, 0.15) is 0 Å². The Labute approximate surface area is 128 Å². The van der Waals surface area contributed by atoms with Gasteiger partial charge in [-0.05, 0) is 50.3 Å². The second kappa shape index (κ2) is 6.90. The third-order valence-electron chi connectivity index (χ3n) is 4.39. The molecule has 3 N–H and O–H groups in total. The zero-order valence-electron chi connectivity index (χ0n) is 12.9. The highest BCUT2D eigenvalue weighted by Crippen LogP contribution is 2.27. The highest BCUT2D eigenvalue weighted by molar-refractivity contribution is 7.89. The number of benzene rings is 1. The molecule has 1 aliphatic rings. The summed E-state index contributed by atoms with van der Waals surface area (Å²) in [6.07, 6.45) is 5.91. The lowest BCUT2D eigenvalue weighted by Crippen LogP contribution is -2.38. The highest BCUT2D eigenvalue weighted by Gasteiger charge is 2.25. The SMILES string of the molecule is CC(N)c1cccc(S(=O)(=O)NC(C)C2CCCCC2)c1. The van der Waals surface area contributed by atoms with Gasteiger partial charge in [0.2, 0.25) is 10.0 Å². The van der Waals surface area contributed by atoms with E-state index in [9.17, 15) is 8.42 Å². The Morgan fingerprint density at radius 1 is 1.19 bits per heavy atom. The number of hydrogen-bond acceptors (Lipinski definition) is 3. The van der Waals surface area contributed by atoms with Crippen molar-refractivity contribution in [3.63, 3.8) is 0 Å². The van der Waals surface area contributed by atoms with Crippen LogP contribution in [-0.2, 0) is 10.0 Å². The van der Waals surface area contributed by atoms with Crippen LogP contribution in [0, 0.1) is 5.92 Å². The van der Waals surface area contributed by atoms with Crippen molar-refractivity contribution >= 4 is 10.0 Å². The molecule has 0 saturated heterocycles. The molecule has 0 aliphatic heterocycles. The average molecular weight is 310 g/mol. The summed E-state index contributed by atoms with van der Waals surface area (Å²) in [5, 5.41) is 0. The molecule has 0 heterocycles. The molecular formula is C16H26N2O2S. The molecule has 1 fully saturated rings. The normalized spacial score (nSPS) is 20.1. The third kappa shape index (κ3) is 4.28. The molecule has 2 rings (SSSR count). The van der Waals surface area contributed by atoms with Gasteiger partial charge in [0.25, 0.3) is 0 Å². The minimum atomic E-state index is -3.47. The van der Waals surface area contributed by atoms with Crippen LogP contribution in [0.15, 0.2) is 29.2 Å². The van der Waals surface area contributed by atoms with Crippen molar-refractivity contribution in [3.05, 3.63) is 29.8 Å². The molecule has 0 aromatic heterocycles. The lowest BCUT2D eigenvalue weighted by molar-refractivity contribution is 0.303. The van der Waals surface area contributed by atoms with Gasteiger partial charge in [-0.2, -0.15) is 0 Å². The van der Waals surface area contributed by atoms with Gasteiger partial charge < -0.3 is 5.73 Å². The zero-order chi connectivity index (χ0) is 15.5. The molecule has 2 unspecified atom stereocenters. The number of nitrogens with two attached hydrogens (primary N) is 1. The van der Waals surface area contributed by atoms with Crippen molar-refractivity contribution in [1.82, 2.24) is 4.72 Å². The molecule has 0 amide bonds. The fourth-order valence-electron chi connectivity index (χ4n) is 3.01. The zero-order valence-corrected chi connectivity index (χ0v) is 13.7. The highest BCUT2D eigenvalue weighted by atomic mass is 32.2. The first-order chi connectivity index (χ1) is 9.90. The molecular weight excluding hydrogens is 284 g/mol. The van der Waals surface area contributed by atoms with E-state index in [-0.39, 0.29) is 12.1 Å². The van der Waals surface area contributed by atoms with Crippen molar-refractivity contribution in [2.75, 3.05) is 0 Å². The van der Waals surface area contributed by atoms with E-state index in [0.29, 0.717) is 10.8 Å². The summed E-state index contributed by atoms with van der Waals surface area (Å²) >= 11 is 0. The van der Waals surface area contributed by atoms with Crippen LogP contribution in [0.5, 0.6) is 0 Å². The third-order valence-corrected chi connectivity index (χ3v) is 5.95. The van der Waals surface area contributed by atoms with Crippen LogP contribution < -0.4 is 10.5 Å². The Morgan fingerprint density at radius 2 is 1.86 bits per heavy atom. The maximum Gasteiger partial charge on any atom is 0.240 e. The van der Waals surface area contributed by atoms with Gasteiger partial charge in [0.05, 0.1) is 4.90 Å². The number of rotatable bonds is 5. The van der Waals surface area contributed by atoms with Gasteiger partial charge in [-0.15, -0.1) is 0 Å². The predicted octanol–water partition coefficient (Wildman–Crippen LogP) is 2.95.